The van der Waals surface area contributed by atoms with E-state index in [1.165, 1.54) is 55.6 Å². The molecule has 0 radical (unpaired) electrons. The molecule has 34 heavy (non-hydrogen) atoms. The summed E-state index contributed by atoms with van der Waals surface area (Å²) in [5.41, 5.74) is 0.811. The first kappa shape index (κ1) is 22.4. The normalized spacial score (nSPS) is 12.4. The fraction of sp³-hybridized carbons (Fsp3) is 0.130. The number of nitrogens with zero attached hydrogens (tertiary/aromatic N) is 2. The maximum Gasteiger partial charge on any atom is 0.338 e. The van der Waals surface area contributed by atoms with Gasteiger partial charge in [-0.05, 0) is 49.4 Å². The van der Waals surface area contributed by atoms with Crippen molar-refractivity contribution in [2.75, 3.05) is 23.9 Å². The Morgan fingerprint density at radius 3 is 2.26 bits per heavy atom. The molecule has 172 valence electrons. The molecule has 2 heterocycles. The van der Waals surface area contributed by atoms with Gasteiger partial charge in [0.15, 0.2) is 12.4 Å². The molecule has 0 saturated carbocycles. The first-order valence-corrected chi connectivity index (χ1v) is 9.90. The van der Waals surface area contributed by atoms with Crippen LogP contribution in [0.5, 0.6) is 0 Å². The summed E-state index contributed by atoms with van der Waals surface area (Å²) in [7, 11) is 1.26. The SMILES string of the molecule is COC(=O)c1ccc(NC(=O)COC(=O)c2ccc3c(c2)C(=O)N(c2cc(C)on2)C3=O)cc1. The third-order valence-corrected chi connectivity index (χ3v) is 4.89. The van der Waals surface area contributed by atoms with Crippen LogP contribution in [0.2, 0.25) is 0 Å². The van der Waals surface area contributed by atoms with E-state index in [2.05, 4.69) is 15.2 Å². The Morgan fingerprint density at radius 1 is 0.941 bits per heavy atom. The first-order valence-electron chi connectivity index (χ1n) is 9.90. The highest BCUT2D eigenvalue weighted by atomic mass is 16.5. The average molecular weight is 463 g/mol. The zero-order valence-electron chi connectivity index (χ0n) is 18.0. The molecule has 0 saturated heterocycles. The molecule has 3 amide bonds. The van der Waals surface area contributed by atoms with Gasteiger partial charge in [0.05, 0.1) is 29.4 Å². The molecule has 0 fully saturated rings. The van der Waals surface area contributed by atoms with Crippen LogP contribution in [0, 0.1) is 6.92 Å². The van der Waals surface area contributed by atoms with E-state index < -0.39 is 36.3 Å². The molecule has 0 atom stereocenters. The Bertz CT molecular complexity index is 1330. The fourth-order valence-electron chi connectivity index (χ4n) is 3.25. The standard InChI is InChI=1S/C23H17N3O8/c1-12-9-18(25-34-12)26-20(28)16-8-5-14(10-17(16)21(26)29)23(31)33-11-19(27)24-15-6-3-13(4-7-15)22(30)32-2/h3-10H,11H2,1-2H3,(H,24,27). The maximum absolute atomic E-state index is 12.7. The molecule has 1 N–H and O–H groups in total. The molecule has 11 heteroatoms. The predicted octanol–water partition coefficient (Wildman–Crippen LogP) is 2.37. The van der Waals surface area contributed by atoms with Gasteiger partial charge in [-0.25, -0.2) is 14.5 Å². The number of aromatic nitrogens is 1. The number of hydrogen-bond donors (Lipinski definition) is 1. The van der Waals surface area contributed by atoms with E-state index in [4.69, 9.17) is 9.26 Å². The third-order valence-electron chi connectivity index (χ3n) is 4.89. The second-order valence-corrected chi connectivity index (χ2v) is 7.20. The lowest BCUT2D eigenvalue weighted by molar-refractivity contribution is -0.119. The quantitative estimate of drug-likeness (QED) is 0.430. The number of esters is 2. The molecule has 0 bridgehead atoms. The molecule has 11 nitrogen and oxygen atoms in total. The lowest BCUT2D eigenvalue weighted by Gasteiger charge is -2.08. The van der Waals surface area contributed by atoms with Crippen LogP contribution in [0.15, 0.2) is 53.1 Å². The van der Waals surface area contributed by atoms with Crippen molar-refractivity contribution in [2.24, 2.45) is 0 Å². The number of benzene rings is 2. The summed E-state index contributed by atoms with van der Waals surface area (Å²) >= 11 is 0. The molecule has 1 aliphatic rings. The van der Waals surface area contributed by atoms with E-state index in [-0.39, 0.29) is 22.5 Å². The van der Waals surface area contributed by atoms with Crippen molar-refractivity contribution in [3.05, 3.63) is 76.5 Å². The zero-order valence-corrected chi connectivity index (χ0v) is 18.0. The van der Waals surface area contributed by atoms with E-state index in [1.54, 1.807) is 6.92 Å². The van der Waals surface area contributed by atoms with Crippen LogP contribution in [-0.4, -0.2) is 48.5 Å². The van der Waals surface area contributed by atoms with Crippen LogP contribution >= 0.6 is 0 Å². The van der Waals surface area contributed by atoms with Crippen LogP contribution in [0.3, 0.4) is 0 Å². The van der Waals surface area contributed by atoms with Crippen molar-refractivity contribution >= 4 is 41.2 Å². The highest BCUT2D eigenvalue weighted by molar-refractivity contribution is 6.34. The van der Waals surface area contributed by atoms with Crippen molar-refractivity contribution < 1.29 is 38.0 Å². The molecule has 0 unspecified atom stereocenters. The van der Waals surface area contributed by atoms with Gasteiger partial charge in [0.2, 0.25) is 0 Å². The molecule has 3 aromatic rings. The molecule has 1 aliphatic heterocycles. The number of anilines is 2. The van der Waals surface area contributed by atoms with Gasteiger partial charge in [0.25, 0.3) is 17.7 Å². The maximum atomic E-state index is 12.7. The summed E-state index contributed by atoms with van der Waals surface area (Å²) in [6.07, 6.45) is 0. The highest BCUT2D eigenvalue weighted by Crippen LogP contribution is 2.29. The molecule has 2 aromatic carbocycles. The van der Waals surface area contributed by atoms with E-state index in [0.29, 0.717) is 17.0 Å². The Hall–Kier alpha value is -4.80. The van der Waals surface area contributed by atoms with E-state index in [9.17, 15) is 24.0 Å². The number of carbonyl (C=O) groups excluding carboxylic acids is 5. The summed E-state index contributed by atoms with van der Waals surface area (Å²) in [5, 5.41) is 6.21. The molecular weight excluding hydrogens is 446 g/mol. The van der Waals surface area contributed by atoms with Gasteiger partial charge in [0.1, 0.15) is 5.76 Å². The van der Waals surface area contributed by atoms with Gasteiger partial charge in [0, 0.05) is 11.8 Å². The summed E-state index contributed by atoms with van der Waals surface area (Å²) in [4.78, 5) is 62.1. The molecule has 1 aromatic heterocycles. The predicted molar refractivity (Wildman–Crippen MR) is 116 cm³/mol. The van der Waals surface area contributed by atoms with E-state index in [1.807, 2.05) is 0 Å². The molecule has 0 spiro atoms. The number of hydrogen-bond acceptors (Lipinski definition) is 9. The molecular formula is C23H17N3O8. The van der Waals surface area contributed by atoms with Gasteiger partial charge in [-0.15, -0.1) is 0 Å². The smallest absolute Gasteiger partial charge is 0.338 e. The Kier molecular flexibility index (Phi) is 5.92. The third kappa shape index (κ3) is 4.26. The summed E-state index contributed by atoms with van der Waals surface area (Å²) in [6.45, 7) is 1.03. The number of ether oxygens (including phenoxy) is 2. The van der Waals surface area contributed by atoms with Crippen LogP contribution in [0.1, 0.15) is 47.2 Å². The molecule has 4 rings (SSSR count). The van der Waals surface area contributed by atoms with Crippen molar-refractivity contribution in [3.63, 3.8) is 0 Å². The van der Waals surface area contributed by atoms with Gasteiger partial charge >= 0.3 is 11.9 Å². The number of rotatable bonds is 6. The Morgan fingerprint density at radius 2 is 1.62 bits per heavy atom. The van der Waals surface area contributed by atoms with Crippen molar-refractivity contribution in [2.45, 2.75) is 6.92 Å². The second kappa shape index (κ2) is 8.98. The van der Waals surface area contributed by atoms with Crippen molar-refractivity contribution in [3.8, 4) is 0 Å². The van der Waals surface area contributed by atoms with Gasteiger partial charge < -0.3 is 19.3 Å². The van der Waals surface area contributed by atoms with Crippen LogP contribution in [0.4, 0.5) is 11.5 Å². The van der Waals surface area contributed by atoms with Gasteiger partial charge in [-0.2, -0.15) is 0 Å². The second-order valence-electron chi connectivity index (χ2n) is 7.20. The lowest BCUT2D eigenvalue weighted by Crippen LogP contribution is -2.29. The minimum atomic E-state index is -0.852. The average Bonchev–Trinajstić information content (AvgIpc) is 3.37. The number of methoxy groups -OCH3 is 1. The van der Waals surface area contributed by atoms with Crippen LogP contribution in [-0.2, 0) is 14.3 Å². The Labute approximate surface area is 192 Å². The van der Waals surface area contributed by atoms with E-state index in [0.717, 1.165) is 4.90 Å². The summed E-state index contributed by atoms with van der Waals surface area (Å²) in [5.74, 6) is -2.76. The van der Waals surface area contributed by atoms with Crippen molar-refractivity contribution in [1.29, 1.82) is 0 Å². The number of aryl methyl sites for hydroxylation is 1. The highest BCUT2D eigenvalue weighted by Gasteiger charge is 2.38. The van der Waals surface area contributed by atoms with Crippen LogP contribution < -0.4 is 10.2 Å². The van der Waals surface area contributed by atoms with Crippen LogP contribution in [0.25, 0.3) is 0 Å². The monoisotopic (exact) mass is 463 g/mol. The van der Waals surface area contributed by atoms with Gasteiger partial charge in [-0.1, -0.05) is 5.16 Å². The van der Waals surface area contributed by atoms with Gasteiger partial charge in [-0.3, -0.25) is 14.4 Å². The number of carbonyl (C=O) groups is 5. The zero-order chi connectivity index (χ0) is 24.4. The number of nitrogens with one attached hydrogen (secondary N) is 1. The number of imide groups is 1. The minimum Gasteiger partial charge on any atom is -0.465 e. The number of fused-ring (bicyclic) bond motifs is 1. The Balaban J connectivity index is 1.39. The summed E-state index contributed by atoms with van der Waals surface area (Å²) < 4.78 is 14.5. The van der Waals surface area contributed by atoms with Crippen molar-refractivity contribution in [1.82, 2.24) is 5.16 Å². The number of amides is 3. The largest absolute Gasteiger partial charge is 0.465 e. The topological polar surface area (TPSA) is 145 Å². The summed E-state index contributed by atoms with van der Waals surface area (Å²) in [6, 6.07) is 11.3. The van der Waals surface area contributed by atoms with E-state index >= 15 is 0 Å². The first-order chi connectivity index (χ1) is 16.3. The minimum absolute atomic E-state index is 0.00619. The molecule has 0 aliphatic carbocycles. The lowest BCUT2D eigenvalue weighted by atomic mass is 10.1. The fourth-order valence-corrected chi connectivity index (χ4v) is 3.25.